The highest BCUT2D eigenvalue weighted by Gasteiger charge is 2.30. The van der Waals surface area contributed by atoms with Crippen molar-refractivity contribution in [1.82, 2.24) is 0 Å². The van der Waals surface area contributed by atoms with Crippen molar-refractivity contribution in [3.05, 3.63) is 0 Å². The number of epoxide rings is 1. The van der Waals surface area contributed by atoms with E-state index in [1.165, 1.54) is 25.7 Å². The maximum atomic E-state index is 11.7. The van der Waals surface area contributed by atoms with E-state index in [2.05, 4.69) is 6.92 Å². The summed E-state index contributed by atoms with van der Waals surface area (Å²) in [6, 6.07) is 0. The molecule has 2 atom stereocenters. The summed E-state index contributed by atoms with van der Waals surface area (Å²) in [5.41, 5.74) is 0. The predicted octanol–water partition coefficient (Wildman–Crippen LogP) is 2.77. The van der Waals surface area contributed by atoms with Crippen LogP contribution in [-0.2, 0) is 19.1 Å². The molecule has 2 unspecified atom stereocenters. The van der Waals surface area contributed by atoms with Gasteiger partial charge in [0.15, 0.2) is 5.92 Å². The van der Waals surface area contributed by atoms with Gasteiger partial charge in [0.2, 0.25) is 0 Å². The van der Waals surface area contributed by atoms with Crippen LogP contribution >= 0.6 is 0 Å². The minimum absolute atomic E-state index is 0.0213. The van der Waals surface area contributed by atoms with Crippen molar-refractivity contribution in [1.29, 1.82) is 0 Å². The van der Waals surface area contributed by atoms with Gasteiger partial charge in [-0.2, -0.15) is 0 Å². The summed E-state index contributed by atoms with van der Waals surface area (Å²) in [6.07, 6.45) is 8.10. The third-order valence-corrected chi connectivity index (χ3v) is 3.49. The van der Waals surface area contributed by atoms with Crippen molar-refractivity contribution in [2.75, 3.05) is 13.2 Å². The fourth-order valence-electron chi connectivity index (χ4n) is 2.09. The predicted molar refractivity (Wildman–Crippen MR) is 74.4 cm³/mol. The number of carbonyl (C=O) groups excluding carboxylic acids is 1. The van der Waals surface area contributed by atoms with Crippen LogP contribution in [0, 0.1) is 5.92 Å². The zero-order valence-electron chi connectivity index (χ0n) is 12.3. The number of hydrogen-bond acceptors (Lipinski definition) is 4. The number of esters is 1. The summed E-state index contributed by atoms with van der Waals surface area (Å²) >= 11 is 0. The maximum Gasteiger partial charge on any atom is 0.320 e. The summed E-state index contributed by atoms with van der Waals surface area (Å²) < 4.78 is 9.87. The van der Waals surface area contributed by atoms with Crippen LogP contribution in [0.25, 0.3) is 0 Å². The molecule has 20 heavy (non-hydrogen) atoms. The largest absolute Gasteiger partial charge is 0.481 e. The Morgan fingerprint density at radius 2 is 1.80 bits per heavy atom. The highest BCUT2D eigenvalue weighted by atomic mass is 16.6. The van der Waals surface area contributed by atoms with Crippen LogP contribution in [0.5, 0.6) is 0 Å². The Bertz CT molecular complexity index is 299. The van der Waals surface area contributed by atoms with Crippen LogP contribution in [0.4, 0.5) is 0 Å². The lowest BCUT2D eigenvalue weighted by Crippen LogP contribution is -2.27. The molecule has 0 aliphatic carbocycles. The van der Waals surface area contributed by atoms with Gasteiger partial charge in [-0.25, -0.2) is 0 Å². The average molecular weight is 286 g/mol. The lowest BCUT2D eigenvalue weighted by atomic mass is 10.0. The van der Waals surface area contributed by atoms with Gasteiger partial charge in [-0.1, -0.05) is 51.9 Å². The molecule has 5 heteroatoms. The van der Waals surface area contributed by atoms with E-state index in [9.17, 15) is 9.59 Å². The zero-order chi connectivity index (χ0) is 14.8. The molecule has 1 aliphatic heterocycles. The SMILES string of the molecule is CCCCCCCCCC(C(=O)O)C(=O)OCC1CO1. The van der Waals surface area contributed by atoms with E-state index in [1.54, 1.807) is 0 Å². The highest BCUT2D eigenvalue weighted by molar-refractivity contribution is 5.93. The lowest BCUT2D eigenvalue weighted by molar-refractivity contribution is -0.159. The molecular formula is C15H26O5. The first-order chi connectivity index (χ1) is 9.65. The Kier molecular flexibility index (Phi) is 8.26. The first kappa shape index (κ1) is 17.0. The van der Waals surface area contributed by atoms with Crippen LogP contribution in [0.2, 0.25) is 0 Å². The molecule has 0 radical (unpaired) electrons. The van der Waals surface area contributed by atoms with Gasteiger partial charge in [0.25, 0.3) is 0 Å². The first-order valence-corrected chi connectivity index (χ1v) is 7.66. The van der Waals surface area contributed by atoms with Crippen LogP contribution in [0.1, 0.15) is 58.3 Å². The van der Waals surface area contributed by atoms with E-state index in [0.29, 0.717) is 13.0 Å². The molecule has 0 aromatic carbocycles. The molecule has 1 fully saturated rings. The van der Waals surface area contributed by atoms with Crippen molar-refractivity contribution in [2.24, 2.45) is 5.92 Å². The smallest absolute Gasteiger partial charge is 0.320 e. The van der Waals surface area contributed by atoms with E-state index < -0.39 is 17.9 Å². The van der Waals surface area contributed by atoms with Crippen molar-refractivity contribution < 1.29 is 24.2 Å². The van der Waals surface area contributed by atoms with Gasteiger partial charge in [0.05, 0.1) is 6.61 Å². The quantitative estimate of drug-likeness (QED) is 0.258. The van der Waals surface area contributed by atoms with E-state index in [1.807, 2.05) is 0 Å². The van der Waals surface area contributed by atoms with Gasteiger partial charge in [0, 0.05) is 0 Å². The second kappa shape index (κ2) is 9.75. The number of carbonyl (C=O) groups is 2. The molecule has 1 N–H and O–H groups in total. The third kappa shape index (κ3) is 7.48. The number of ether oxygens (including phenoxy) is 2. The normalized spacial score (nSPS) is 18.6. The van der Waals surface area contributed by atoms with Gasteiger partial charge in [-0.3, -0.25) is 9.59 Å². The van der Waals surface area contributed by atoms with Gasteiger partial charge in [0.1, 0.15) is 12.7 Å². The number of carboxylic acids is 1. The Morgan fingerprint density at radius 3 is 2.35 bits per heavy atom. The third-order valence-electron chi connectivity index (χ3n) is 3.49. The average Bonchev–Trinajstić information content (AvgIpc) is 3.23. The van der Waals surface area contributed by atoms with E-state index in [0.717, 1.165) is 19.3 Å². The molecule has 0 saturated carbocycles. The summed E-state index contributed by atoms with van der Waals surface area (Å²) in [5, 5.41) is 9.07. The van der Waals surface area contributed by atoms with Crippen LogP contribution < -0.4 is 0 Å². The Balaban J connectivity index is 2.11. The maximum absolute atomic E-state index is 11.7. The molecule has 116 valence electrons. The van der Waals surface area contributed by atoms with Crippen LogP contribution in [-0.4, -0.2) is 36.4 Å². The molecule has 0 bridgehead atoms. The molecule has 1 heterocycles. The minimum Gasteiger partial charge on any atom is -0.481 e. The Hall–Kier alpha value is -1.10. The van der Waals surface area contributed by atoms with E-state index in [-0.39, 0.29) is 12.7 Å². The monoisotopic (exact) mass is 286 g/mol. The van der Waals surface area contributed by atoms with Gasteiger partial charge >= 0.3 is 11.9 Å². The Morgan fingerprint density at radius 1 is 1.20 bits per heavy atom. The standard InChI is InChI=1S/C15H26O5/c1-2-3-4-5-6-7-8-9-13(14(16)17)15(18)20-11-12-10-19-12/h12-13H,2-11H2,1H3,(H,16,17). The van der Waals surface area contributed by atoms with E-state index >= 15 is 0 Å². The zero-order valence-corrected chi connectivity index (χ0v) is 12.3. The van der Waals surface area contributed by atoms with Crippen molar-refractivity contribution in [3.63, 3.8) is 0 Å². The molecular weight excluding hydrogens is 260 g/mol. The fourth-order valence-corrected chi connectivity index (χ4v) is 2.09. The molecule has 1 aliphatic rings. The minimum atomic E-state index is -1.09. The Labute approximate surface area is 120 Å². The molecule has 1 rings (SSSR count). The van der Waals surface area contributed by atoms with Gasteiger partial charge in [-0.05, 0) is 6.42 Å². The van der Waals surface area contributed by atoms with Gasteiger partial charge in [-0.15, -0.1) is 0 Å². The first-order valence-electron chi connectivity index (χ1n) is 7.66. The van der Waals surface area contributed by atoms with Crippen molar-refractivity contribution in [3.8, 4) is 0 Å². The number of hydrogen-bond donors (Lipinski definition) is 1. The molecule has 0 spiro atoms. The number of aliphatic carboxylic acids is 1. The number of rotatable bonds is 12. The second-order valence-corrected chi connectivity index (χ2v) is 5.39. The summed E-state index contributed by atoms with van der Waals surface area (Å²) in [7, 11) is 0. The molecule has 0 aromatic rings. The summed E-state index contributed by atoms with van der Waals surface area (Å²) in [5.74, 6) is -2.74. The number of carboxylic acid groups (broad SMARTS) is 1. The van der Waals surface area contributed by atoms with Crippen LogP contribution in [0.3, 0.4) is 0 Å². The lowest BCUT2D eigenvalue weighted by Gasteiger charge is -2.11. The topological polar surface area (TPSA) is 76.1 Å². The summed E-state index contributed by atoms with van der Waals surface area (Å²) in [4.78, 5) is 22.7. The molecule has 5 nitrogen and oxygen atoms in total. The highest BCUT2D eigenvalue weighted by Crippen LogP contribution is 2.16. The van der Waals surface area contributed by atoms with E-state index in [4.69, 9.17) is 14.6 Å². The van der Waals surface area contributed by atoms with Crippen LogP contribution in [0.15, 0.2) is 0 Å². The molecule has 0 aromatic heterocycles. The summed E-state index contributed by atoms with van der Waals surface area (Å²) in [6.45, 7) is 2.96. The fraction of sp³-hybridized carbons (Fsp3) is 0.867. The second-order valence-electron chi connectivity index (χ2n) is 5.39. The van der Waals surface area contributed by atoms with Gasteiger partial charge < -0.3 is 14.6 Å². The molecule has 1 saturated heterocycles. The van der Waals surface area contributed by atoms with Crippen molar-refractivity contribution in [2.45, 2.75) is 64.4 Å². The number of unbranched alkanes of at least 4 members (excludes halogenated alkanes) is 6. The molecule has 0 amide bonds. The van der Waals surface area contributed by atoms with Crippen molar-refractivity contribution >= 4 is 11.9 Å².